The van der Waals surface area contributed by atoms with E-state index in [1.165, 1.54) is 0 Å². The second-order valence-electron chi connectivity index (χ2n) is 6.56. The van der Waals surface area contributed by atoms with Crippen molar-refractivity contribution in [2.24, 2.45) is 15.7 Å². The lowest BCUT2D eigenvalue weighted by Gasteiger charge is -2.23. The standard InChI is InChI=1S/C21H21N5O/c1-13-20(22)26-21(25-13,19-12-23-14(2)24-19)17-8-4-6-15(10-17)16-7-5-9-18(11-16)27-3/h4-12H,1-3H3,(H2,22,26)(H,23,24). The van der Waals surface area contributed by atoms with Crippen LogP contribution in [0, 0.1) is 6.92 Å². The Balaban J connectivity index is 1.88. The molecule has 0 aliphatic carbocycles. The molecule has 0 saturated heterocycles. The molecule has 1 aliphatic rings. The van der Waals surface area contributed by atoms with Gasteiger partial charge < -0.3 is 15.5 Å². The zero-order valence-corrected chi connectivity index (χ0v) is 15.5. The van der Waals surface area contributed by atoms with E-state index in [2.05, 4.69) is 28.2 Å². The number of hydrogen-bond donors (Lipinski definition) is 2. The number of nitrogens with one attached hydrogen (secondary N) is 1. The molecule has 27 heavy (non-hydrogen) atoms. The Labute approximate surface area is 157 Å². The molecule has 0 radical (unpaired) electrons. The average molecular weight is 359 g/mol. The van der Waals surface area contributed by atoms with E-state index in [0.29, 0.717) is 11.5 Å². The fraction of sp³-hybridized carbons (Fsp3) is 0.190. The van der Waals surface area contributed by atoms with Crippen molar-refractivity contribution in [3.8, 4) is 16.9 Å². The average Bonchev–Trinajstić information content (AvgIpc) is 3.26. The Morgan fingerprint density at radius 3 is 2.37 bits per heavy atom. The normalized spacial score (nSPS) is 18.9. The van der Waals surface area contributed by atoms with Crippen molar-refractivity contribution in [1.29, 1.82) is 0 Å². The first-order valence-electron chi connectivity index (χ1n) is 8.71. The third kappa shape index (κ3) is 2.89. The Bertz CT molecular complexity index is 1050. The molecule has 2 heterocycles. The summed E-state index contributed by atoms with van der Waals surface area (Å²) in [5.41, 5.74) is 9.69. The molecule has 0 amide bonds. The topological polar surface area (TPSA) is 88.6 Å². The number of nitrogens with zero attached hydrogens (tertiary/aromatic N) is 3. The van der Waals surface area contributed by atoms with E-state index < -0.39 is 5.66 Å². The Kier molecular flexibility index (Phi) is 4.03. The van der Waals surface area contributed by atoms with E-state index in [0.717, 1.165) is 34.0 Å². The molecule has 3 N–H and O–H groups in total. The molecule has 0 bridgehead atoms. The first-order chi connectivity index (χ1) is 13.0. The predicted molar refractivity (Wildman–Crippen MR) is 107 cm³/mol. The van der Waals surface area contributed by atoms with Crippen LogP contribution >= 0.6 is 0 Å². The van der Waals surface area contributed by atoms with Gasteiger partial charge in [0, 0.05) is 5.56 Å². The van der Waals surface area contributed by atoms with E-state index in [1.54, 1.807) is 13.3 Å². The van der Waals surface area contributed by atoms with Gasteiger partial charge in [0.2, 0.25) is 5.66 Å². The molecule has 2 aromatic carbocycles. The monoisotopic (exact) mass is 359 g/mol. The molecular formula is C21H21N5O. The summed E-state index contributed by atoms with van der Waals surface area (Å²) in [5.74, 6) is 2.06. The van der Waals surface area contributed by atoms with Crippen molar-refractivity contribution < 1.29 is 4.74 Å². The molecule has 0 fully saturated rings. The van der Waals surface area contributed by atoms with Crippen LogP contribution in [-0.2, 0) is 5.66 Å². The van der Waals surface area contributed by atoms with Crippen molar-refractivity contribution in [3.63, 3.8) is 0 Å². The van der Waals surface area contributed by atoms with Gasteiger partial charge in [-0.2, -0.15) is 0 Å². The number of nitrogens with two attached hydrogens (primary N) is 1. The highest BCUT2D eigenvalue weighted by molar-refractivity contribution is 6.41. The number of imidazole rings is 1. The maximum Gasteiger partial charge on any atom is 0.220 e. The highest BCUT2D eigenvalue weighted by Gasteiger charge is 2.40. The van der Waals surface area contributed by atoms with Gasteiger partial charge in [0.05, 0.1) is 24.7 Å². The van der Waals surface area contributed by atoms with E-state index in [9.17, 15) is 0 Å². The summed E-state index contributed by atoms with van der Waals surface area (Å²) in [7, 11) is 1.67. The van der Waals surface area contributed by atoms with Crippen LogP contribution in [0.5, 0.6) is 5.75 Å². The van der Waals surface area contributed by atoms with Crippen LogP contribution in [0.1, 0.15) is 24.0 Å². The van der Waals surface area contributed by atoms with Gasteiger partial charge in [0.15, 0.2) is 0 Å². The van der Waals surface area contributed by atoms with Crippen LogP contribution in [0.4, 0.5) is 0 Å². The maximum atomic E-state index is 6.09. The highest BCUT2D eigenvalue weighted by atomic mass is 16.5. The first kappa shape index (κ1) is 17.0. The molecule has 6 heteroatoms. The number of ether oxygens (including phenoxy) is 1. The van der Waals surface area contributed by atoms with Crippen LogP contribution in [0.25, 0.3) is 11.1 Å². The molecule has 6 nitrogen and oxygen atoms in total. The molecule has 1 atom stereocenters. The summed E-state index contributed by atoms with van der Waals surface area (Å²) in [6.45, 7) is 3.78. The van der Waals surface area contributed by atoms with Crippen LogP contribution in [0.15, 0.2) is 64.7 Å². The van der Waals surface area contributed by atoms with Crippen LogP contribution in [-0.4, -0.2) is 28.6 Å². The number of H-pyrrole nitrogens is 1. The second-order valence-corrected chi connectivity index (χ2v) is 6.56. The van der Waals surface area contributed by atoms with Crippen molar-refractivity contribution in [2.75, 3.05) is 7.11 Å². The summed E-state index contributed by atoms with van der Waals surface area (Å²) in [4.78, 5) is 17.1. The number of amidine groups is 1. The van der Waals surface area contributed by atoms with Crippen molar-refractivity contribution in [2.45, 2.75) is 19.5 Å². The van der Waals surface area contributed by atoms with Gasteiger partial charge in [-0.05, 0) is 43.2 Å². The van der Waals surface area contributed by atoms with E-state index >= 15 is 0 Å². The third-order valence-electron chi connectivity index (χ3n) is 4.73. The van der Waals surface area contributed by atoms with Crippen molar-refractivity contribution >= 4 is 11.5 Å². The molecule has 1 unspecified atom stereocenters. The fourth-order valence-electron chi connectivity index (χ4n) is 3.30. The zero-order chi connectivity index (χ0) is 19.0. The maximum absolute atomic E-state index is 6.09. The van der Waals surface area contributed by atoms with Crippen LogP contribution < -0.4 is 10.5 Å². The first-order valence-corrected chi connectivity index (χ1v) is 8.71. The number of benzene rings is 2. The van der Waals surface area contributed by atoms with Crippen molar-refractivity contribution in [3.05, 3.63) is 71.8 Å². The van der Waals surface area contributed by atoms with Gasteiger partial charge in [-0.15, -0.1) is 0 Å². The molecule has 136 valence electrons. The quantitative estimate of drug-likeness (QED) is 0.748. The number of aliphatic imine (C=N–C) groups is 2. The minimum Gasteiger partial charge on any atom is -0.497 e. The lowest BCUT2D eigenvalue weighted by atomic mass is 9.93. The van der Waals surface area contributed by atoms with Gasteiger partial charge >= 0.3 is 0 Å². The van der Waals surface area contributed by atoms with Crippen LogP contribution in [0.2, 0.25) is 0 Å². The molecule has 0 spiro atoms. The predicted octanol–water partition coefficient (Wildman–Crippen LogP) is 3.43. The second kappa shape index (κ2) is 6.39. The molecular weight excluding hydrogens is 338 g/mol. The van der Waals surface area contributed by atoms with Gasteiger partial charge in [0.1, 0.15) is 17.4 Å². The van der Waals surface area contributed by atoms with Gasteiger partial charge in [-0.25, -0.2) is 15.0 Å². The Morgan fingerprint density at radius 1 is 1.00 bits per heavy atom. The lowest BCUT2D eigenvalue weighted by Crippen LogP contribution is -2.22. The summed E-state index contributed by atoms with van der Waals surface area (Å²) in [5, 5.41) is 0. The SMILES string of the molecule is COc1cccc(-c2cccc(C3(c4cnc(C)[nH]4)N=C(C)C(N)=N3)c2)c1. The Morgan fingerprint density at radius 2 is 1.74 bits per heavy atom. The summed E-state index contributed by atoms with van der Waals surface area (Å²) < 4.78 is 5.35. The highest BCUT2D eigenvalue weighted by Crippen LogP contribution is 2.39. The third-order valence-corrected chi connectivity index (χ3v) is 4.73. The molecule has 1 aromatic heterocycles. The summed E-state index contributed by atoms with van der Waals surface area (Å²) in [6.07, 6.45) is 1.77. The van der Waals surface area contributed by atoms with E-state index in [1.807, 2.05) is 44.2 Å². The molecule has 4 rings (SSSR count). The number of aryl methyl sites for hydroxylation is 1. The number of aromatic amines is 1. The zero-order valence-electron chi connectivity index (χ0n) is 15.5. The molecule has 1 aliphatic heterocycles. The summed E-state index contributed by atoms with van der Waals surface area (Å²) >= 11 is 0. The summed E-state index contributed by atoms with van der Waals surface area (Å²) in [6, 6.07) is 16.1. The van der Waals surface area contributed by atoms with Crippen LogP contribution in [0.3, 0.4) is 0 Å². The number of aromatic nitrogens is 2. The minimum absolute atomic E-state index is 0.439. The lowest BCUT2D eigenvalue weighted by molar-refractivity contribution is 0.415. The van der Waals surface area contributed by atoms with E-state index in [4.69, 9.17) is 20.5 Å². The van der Waals surface area contributed by atoms with Gasteiger partial charge in [-0.3, -0.25) is 0 Å². The van der Waals surface area contributed by atoms with Gasteiger partial charge in [-0.1, -0.05) is 30.3 Å². The fourth-order valence-corrected chi connectivity index (χ4v) is 3.30. The smallest absolute Gasteiger partial charge is 0.220 e. The van der Waals surface area contributed by atoms with Gasteiger partial charge in [0.25, 0.3) is 0 Å². The number of rotatable bonds is 4. The van der Waals surface area contributed by atoms with Crippen molar-refractivity contribution in [1.82, 2.24) is 9.97 Å². The number of methoxy groups -OCH3 is 1. The minimum atomic E-state index is -0.940. The number of hydrogen-bond acceptors (Lipinski definition) is 5. The largest absolute Gasteiger partial charge is 0.497 e. The Hall–Kier alpha value is -3.41. The van der Waals surface area contributed by atoms with E-state index in [-0.39, 0.29) is 0 Å². The molecule has 0 saturated carbocycles. The molecule has 3 aromatic rings.